The van der Waals surface area contributed by atoms with E-state index in [0.29, 0.717) is 31.9 Å². The second kappa shape index (κ2) is 6.98. The van der Waals surface area contributed by atoms with E-state index in [1.165, 1.54) is 10.6 Å². The fourth-order valence-electron chi connectivity index (χ4n) is 3.20. The third-order valence-corrected chi connectivity index (χ3v) is 6.95. The first kappa shape index (κ1) is 17.4. The second-order valence-corrected chi connectivity index (χ2v) is 8.92. The first-order valence-electron chi connectivity index (χ1n) is 8.20. The van der Waals surface area contributed by atoms with Crippen LogP contribution in [-0.2, 0) is 15.8 Å². The lowest BCUT2D eigenvalue weighted by molar-refractivity contribution is 0.382. The Morgan fingerprint density at radius 2 is 1.92 bits per heavy atom. The van der Waals surface area contributed by atoms with E-state index in [1.54, 1.807) is 12.3 Å². The molecule has 2 aromatic heterocycles. The number of anilines is 1. The lowest BCUT2D eigenvalue weighted by Crippen LogP contribution is -2.49. The van der Waals surface area contributed by atoms with Gasteiger partial charge >= 0.3 is 0 Å². The van der Waals surface area contributed by atoms with E-state index in [0.717, 1.165) is 21.1 Å². The number of fused-ring (bicyclic) bond motifs is 1. The maximum Gasteiger partial charge on any atom is 0.220 e. The molecule has 9 heteroatoms. The Bertz CT molecular complexity index is 1020. The predicted molar refractivity (Wildman–Crippen MR) is 102 cm³/mol. The number of piperazine rings is 1. The summed E-state index contributed by atoms with van der Waals surface area (Å²) in [5.74, 6) is -0.130. The van der Waals surface area contributed by atoms with Gasteiger partial charge in [-0.05, 0) is 28.1 Å². The van der Waals surface area contributed by atoms with Gasteiger partial charge in [-0.2, -0.15) is 4.31 Å². The van der Waals surface area contributed by atoms with Crippen molar-refractivity contribution in [2.75, 3.05) is 31.1 Å². The van der Waals surface area contributed by atoms with Gasteiger partial charge in [-0.3, -0.25) is 4.98 Å². The molecule has 0 aliphatic carbocycles. The topological polar surface area (TPSA) is 79.5 Å². The summed E-state index contributed by atoms with van der Waals surface area (Å²) in [6.07, 6.45) is 3.17. The highest BCUT2D eigenvalue weighted by Gasteiger charge is 2.28. The molecule has 0 atom stereocenters. The molecule has 0 saturated carbocycles. The van der Waals surface area contributed by atoms with Crippen molar-refractivity contribution in [3.63, 3.8) is 0 Å². The van der Waals surface area contributed by atoms with E-state index < -0.39 is 10.0 Å². The minimum atomic E-state index is -3.40. The minimum Gasteiger partial charge on any atom is -0.368 e. The molecule has 1 aliphatic rings. The summed E-state index contributed by atoms with van der Waals surface area (Å²) in [5, 5.41) is 4.75. The maximum atomic E-state index is 12.6. The summed E-state index contributed by atoms with van der Waals surface area (Å²) in [6.45, 7) is 2.14. The molecule has 0 N–H and O–H groups in total. The van der Waals surface area contributed by atoms with Crippen molar-refractivity contribution >= 4 is 42.5 Å². The quantitative estimate of drug-likeness (QED) is 0.625. The van der Waals surface area contributed by atoms with Crippen molar-refractivity contribution < 1.29 is 12.9 Å². The van der Waals surface area contributed by atoms with Crippen LogP contribution in [-0.4, -0.2) is 49.0 Å². The minimum absolute atomic E-state index is 0.130. The maximum absolute atomic E-state index is 12.6. The lowest BCUT2D eigenvalue weighted by atomic mass is 10.1. The molecule has 3 heterocycles. The Balaban J connectivity index is 1.51. The Morgan fingerprint density at radius 3 is 2.65 bits per heavy atom. The van der Waals surface area contributed by atoms with Gasteiger partial charge in [0.05, 0.1) is 11.2 Å². The van der Waals surface area contributed by atoms with Crippen LogP contribution in [0.3, 0.4) is 0 Å². The molecule has 1 aromatic carbocycles. The lowest BCUT2D eigenvalue weighted by Gasteiger charge is -2.35. The van der Waals surface area contributed by atoms with Crippen LogP contribution in [0.25, 0.3) is 10.9 Å². The number of sulfonamides is 1. The van der Waals surface area contributed by atoms with Gasteiger partial charge in [-0.15, -0.1) is 0 Å². The third kappa shape index (κ3) is 3.34. The molecule has 7 nitrogen and oxygen atoms in total. The molecule has 0 unspecified atom stereocenters. The zero-order chi connectivity index (χ0) is 18.1. The zero-order valence-corrected chi connectivity index (χ0v) is 16.3. The molecule has 0 bridgehead atoms. The number of benzene rings is 1. The van der Waals surface area contributed by atoms with Crippen LogP contribution >= 0.6 is 15.9 Å². The molecular formula is C17H17BrN4O3S. The molecule has 1 saturated heterocycles. The normalized spacial score (nSPS) is 16.3. The Morgan fingerprint density at radius 1 is 1.12 bits per heavy atom. The average Bonchev–Trinajstić information content (AvgIpc) is 3.14. The van der Waals surface area contributed by atoms with Gasteiger partial charge < -0.3 is 9.42 Å². The van der Waals surface area contributed by atoms with Crippen LogP contribution in [0.5, 0.6) is 0 Å². The van der Waals surface area contributed by atoms with Crippen LogP contribution in [0, 0.1) is 0 Å². The predicted octanol–water partition coefficient (Wildman–Crippen LogP) is 2.64. The van der Waals surface area contributed by atoms with E-state index in [-0.39, 0.29) is 5.75 Å². The third-order valence-electron chi connectivity index (χ3n) is 4.49. The van der Waals surface area contributed by atoms with Crippen LogP contribution in [0.2, 0.25) is 0 Å². The fraction of sp³-hybridized carbons (Fsp3) is 0.294. The molecule has 136 valence electrons. The molecule has 3 aromatic rings. The number of rotatable bonds is 4. The highest BCUT2D eigenvalue weighted by Crippen LogP contribution is 2.30. The van der Waals surface area contributed by atoms with Crippen molar-refractivity contribution in [2.24, 2.45) is 0 Å². The van der Waals surface area contributed by atoms with Crippen molar-refractivity contribution in [1.29, 1.82) is 0 Å². The smallest absolute Gasteiger partial charge is 0.220 e. The second-order valence-electron chi connectivity index (χ2n) is 6.10. The highest BCUT2D eigenvalue weighted by atomic mass is 79.9. The van der Waals surface area contributed by atoms with Crippen LogP contribution in [0.15, 0.2) is 51.8 Å². The summed E-state index contributed by atoms with van der Waals surface area (Å²) >= 11 is 3.54. The first-order chi connectivity index (χ1) is 12.5. The monoisotopic (exact) mass is 436 g/mol. The fourth-order valence-corrected chi connectivity index (χ4v) is 5.09. The molecule has 26 heavy (non-hydrogen) atoms. The van der Waals surface area contributed by atoms with Gasteiger partial charge in [0.15, 0.2) is 0 Å². The van der Waals surface area contributed by atoms with Crippen molar-refractivity contribution in [3.8, 4) is 0 Å². The van der Waals surface area contributed by atoms with Crippen molar-refractivity contribution in [2.45, 2.75) is 5.75 Å². The molecule has 0 radical (unpaired) electrons. The summed E-state index contributed by atoms with van der Waals surface area (Å²) in [5.41, 5.74) is 2.41. The number of hydrogen-bond acceptors (Lipinski definition) is 6. The SMILES string of the molecule is O=S(=O)(Cc1ccon1)N1CCN(c2ccnc3c(Br)cccc23)CC1. The molecule has 1 aliphatic heterocycles. The number of aromatic nitrogens is 2. The number of para-hydroxylation sites is 1. The Kier molecular flexibility index (Phi) is 4.68. The van der Waals surface area contributed by atoms with Crippen molar-refractivity contribution in [3.05, 3.63) is 53.0 Å². The van der Waals surface area contributed by atoms with Crippen LogP contribution < -0.4 is 4.90 Å². The standard InChI is InChI=1S/C17H17BrN4O3S/c18-15-3-1-2-14-16(4-6-19-17(14)15)21-7-9-22(10-8-21)26(23,24)12-13-5-11-25-20-13/h1-6,11H,7-10,12H2. The van der Waals surface area contributed by atoms with Gasteiger partial charge in [-0.25, -0.2) is 8.42 Å². The number of halogens is 1. The van der Waals surface area contributed by atoms with Gasteiger partial charge in [0.1, 0.15) is 12.0 Å². The molecule has 0 amide bonds. The summed E-state index contributed by atoms with van der Waals surface area (Å²) < 4.78 is 32.3. The van der Waals surface area contributed by atoms with Gasteiger partial charge in [0, 0.05) is 54.0 Å². The summed E-state index contributed by atoms with van der Waals surface area (Å²) in [4.78, 5) is 6.64. The molecule has 1 fully saturated rings. The molecular weight excluding hydrogens is 420 g/mol. The highest BCUT2D eigenvalue weighted by molar-refractivity contribution is 9.10. The van der Waals surface area contributed by atoms with Crippen LogP contribution in [0.4, 0.5) is 5.69 Å². The van der Waals surface area contributed by atoms with Gasteiger partial charge in [0.2, 0.25) is 10.0 Å². The Labute approximate surface area is 159 Å². The zero-order valence-electron chi connectivity index (χ0n) is 13.9. The Hall–Kier alpha value is -1.97. The largest absolute Gasteiger partial charge is 0.368 e. The summed E-state index contributed by atoms with van der Waals surface area (Å²) in [6, 6.07) is 9.54. The number of hydrogen-bond donors (Lipinski definition) is 0. The summed E-state index contributed by atoms with van der Waals surface area (Å²) in [7, 11) is -3.40. The first-order valence-corrected chi connectivity index (χ1v) is 10.6. The molecule has 4 rings (SSSR count). The average molecular weight is 437 g/mol. The number of pyridine rings is 1. The van der Waals surface area contributed by atoms with E-state index in [2.05, 4.69) is 31.0 Å². The van der Waals surface area contributed by atoms with Crippen molar-refractivity contribution in [1.82, 2.24) is 14.4 Å². The van der Waals surface area contributed by atoms with E-state index in [4.69, 9.17) is 4.52 Å². The molecule has 0 spiro atoms. The van der Waals surface area contributed by atoms with E-state index in [1.807, 2.05) is 24.3 Å². The van der Waals surface area contributed by atoms with Gasteiger partial charge in [0.25, 0.3) is 0 Å². The van der Waals surface area contributed by atoms with Gasteiger partial charge in [-0.1, -0.05) is 17.3 Å². The van der Waals surface area contributed by atoms with E-state index >= 15 is 0 Å². The van der Waals surface area contributed by atoms with Crippen LogP contribution in [0.1, 0.15) is 5.69 Å². The van der Waals surface area contributed by atoms with E-state index in [9.17, 15) is 8.42 Å². The number of nitrogens with zero attached hydrogens (tertiary/aromatic N) is 4.